The fourth-order valence-corrected chi connectivity index (χ4v) is 4.08. The molecule has 2 nitrogen and oxygen atoms in total. The quantitative estimate of drug-likeness (QED) is 0.492. The summed E-state index contributed by atoms with van der Waals surface area (Å²) in [6.45, 7) is 8.88. The number of benzene rings is 2. The van der Waals surface area contributed by atoms with E-state index in [4.69, 9.17) is 0 Å². The van der Waals surface area contributed by atoms with E-state index in [2.05, 4.69) is 16.4 Å². The zero-order valence-corrected chi connectivity index (χ0v) is 18.4. The smallest absolute Gasteiger partial charge is 0.376 e. The average molecular weight is 426 g/mol. The van der Waals surface area contributed by atoms with Gasteiger partial charge in [-0.1, -0.05) is 44.2 Å². The number of nitrogens with zero attached hydrogens (tertiary/aromatic N) is 1. The van der Waals surface area contributed by atoms with Crippen molar-refractivity contribution in [1.82, 2.24) is 0 Å². The van der Waals surface area contributed by atoms with Crippen LogP contribution in [0.15, 0.2) is 53.4 Å². The third-order valence-corrected chi connectivity index (χ3v) is 6.24. The molecule has 0 bridgehead atoms. The molecule has 1 saturated carbocycles. The van der Waals surface area contributed by atoms with Gasteiger partial charge in [0.15, 0.2) is 5.60 Å². The lowest BCUT2D eigenvalue weighted by molar-refractivity contribution is -0.258. The molecule has 1 aliphatic carbocycles. The molecule has 0 heterocycles. The second-order valence-electron chi connectivity index (χ2n) is 7.44. The Bertz CT molecular complexity index is 783. The van der Waals surface area contributed by atoms with Gasteiger partial charge < -0.3 is 9.41 Å². The Kier molecular flexibility index (Phi) is 7.68. The first-order chi connectivity index (χ1) is 13.6. The van der Waals surface area contributed by atoms with E-state index in [0.29, 0.717) is 5.92 Å². The van der Waals surface area contributed by atoms with E-state index in [9.17, 15) is 18.3 Å². The highest BCUT2D eigenvalue weighted by Crippen LogP contribution is 2.46. The van der Waals surface area contributed by atoms with Gasteiger partial charge in [0.1, 0.15) is 0 Å². The van der Waals surface area contributed by atoms with Crippen LogP contribution >= 0.6 is 11.9 Å². The van der Waals surface area contributed by atoms with Gasteiger partial charge in [-0.25, -0.2) is 0 Å². The van der Waals surface area contributed by atoms with Crippen molar-refractivity contribution < 1.29 is 18.3 Å². The number of alkyl halides is 3. The summed E-state index contributed by atoms with van der Waals surface area (Å²) in [7, 11) is 0. The summed E-state index contributed by atoms with van der Waals surface area (Å²) in [6.07, 6.45) is -2.30. The van der Waals surface area contributed by atoms with Crippen LogP contribution in [0.5, 0.6) is 0 Å². The maximum Gasteiger partial charge on any atom is 0.421 e. The summed E-state index contributed by atoms with van der Waals surface area (Å²) >= 11 is 1.61. The van der Waals surface area contributed by atoms with Gasteiger partial charge in [0.2, 0.25) is 0 Å². The zero-order chi connectivity index (χ0) is 21.8. The van der Waals surface area contributed by atoms with Crippen LogP contribution in [-0.4, -0.2) is 17.3 Å². The first kappa shape index (κ1) is 23.6. The molecule has 0 aromatic heterocycles. The summed E-state index contributed by atoms with van der Waals surface area (Å²) in [4.78, 5) is 1.18. The van der Waals surface area contributed by atoms with Crippen LogP contribution in [-0.2, 0) is 5.60 Å². The first-order valence-electron chi connectivity index (χ1n) is 10.1. The van der Waals surface area contributed by atoms with Crippen molar-refractivity contribution in [2.75, 3.05) is 4.31 Å². The minimum atomic E-state index is -4.72. The van der Waals surface area contributed by atoms with Crippen molar-refractivity contribution in [1.29, 1.82) is 0 Å². The molecule has 0 spiro atoms. The molecule has 0 amide bonds. The average Bonchev–Trinajstić information content (AvgIpc) is 3.52. The number of rotatable bonds is 6. The van der Waals surface area contributed by atoms with Gasteiger partial charge in [-0.05, 0) is 80.8 Å². The number of hydrogen-bond donors (Lipinski definition) is 1. The molecular weight excluding hydrogens is 395 g/mol. The van der Waals surface area contributed by atoms with E-state index in [0.717, 1.165) is 12.6 Å². The normalized spacial score (nSPS) is 16.1. The largest absolute Gasteiger partial charge is 0.421 e. The predicted molar refractivity (Wildman–Crippen MR) is 115 cm³/mol. The van der Waals surface area contributed by atoms with E-state index in [1.54, 1.807) is 24.1 Å². The molecule has 6 heteroatoms. The second kappa shape index (κ2) is 9.43. The Morgan fingerprint density at radius 3 is 2.03 bits per heavy atom. The molecule has 1 fully saturated rings. The van der Waals surface area contributed by atoms with Gasteiger partial charge in [-0.3, -0.25) is 0 Å². The van der Waals surface area contributed by atoms with Crippen molar-refractivity contribution in [3.05, 3.63) is 59.7 Å². The van der Waals surface area contributed by atoms with Gasteiger partial charge in [0, 0.05) is 16.6 Å². The van der Waals surface area contributed by atoms with Gasteiger partial charge in [-0.2, -0.15) is 13.2 Å². The highest BCUT2D eigenvalue weighted by atomic mass is 32.2. The van der Waals surface area contributed by atoms with Crippen LogP contribution in [0.1, 0.15) is 64.5 Å². The maximum absolute atomic E-state index is 13.1. The Morgan fingerprint density at radius 2 is 1.55 bits per heavy atom. The van der Waals surface area contributed by atoms with Crippen LogP contribution in [0.4, 0.5) is 18.9 Å². The fourth-order valence-electron chi connectivity index (χ4n) is 2.95. The van der Waals surface area contributed by atoms with Crippen LogP contribution in [0.3, 0.4) is 0 Å². The molecule has 160 valence electrons. The van der Waals surface area contributed by atoms with Crippen LogP contribution in [0.2, 0.25) is 0 Å². The third-order valence-electron chi connectivity index (χ3n) is 4.84. The number of aliphatic hydroxyl groups is 1. The van der Waals surface area contributed by atoms with Crippen LogP contribution in [0.25, 0.3) is 0 Å². The number of anilines is 1. The van der Waals surface area contributed by atoms with E-state index >= 15 is 0 Å². The fraction of sp³-hybridized carbons (Fsp3) is 0.478. The molecule has 0 saturated heterocycles. The first-order valence-corrected chi connectivity index (χ1v) is 10.8. The molecular formula is C23H30F3NOS. The van der Waals surface area contributed by atoms with Crippen LogP contribution < -0.4 is 4.31 Å². The molecule has 1 N–H and O–H groups in total. The summed E-state index contributed by atoms with van der Waals surface area (Å²) < 4.78 is 41.3. The molecule has 1 aliphatic rings. The lowest BCUT2D eigenvalue weighted by Crippen LogP contribution is -2.39. The molecule has 29 heavy (non-hydrogen) atoms. The van der Waals surface area contributed by atoms with Crippen LogP contribution in [0, 0.1) is 0 Å². The highest BCUT2D eigenvalue weighted by molar-refractivity contribution is 8.00. The van der Waals surface area contributed by atoms with E-state index < -0.39 is 11.8 Å². The molecule has 3 rings (SSSR count). The van der Waals surface area contributed by atoms with Crippen molar-refractivity contribution in [3.63, 3.8) is 0 Å². The summed E-state index contributed by atoms with van der Waals surface area (Å²) in [6, 6.07) is 14.4. The third kappa shape index (κ3) is 5.48. The maximum atomic E-state index is 13.1. The topological polar surface area (TPSA) is 23.5 Å². The van der Waals surface area contributed by atoms with Gasteiger partial charge in [-0.15, -0.1) is 0 Å². The molecule has 2 aromatic carbocycles. The monoisotopic (exact) mass is 425 g/mol. The zero-order valence-electron chi connectivity index (χ0n) is 17.6. The minimum absolute atomic E-state index is 0.149. The van der Waals surface area contributed by atoms with Crippen molar-refractivity contribution >= 4 is 17.6 Å². The summed E-state index contributed by atoms with van der Waals surface area (Å²) in [5.41, 5.74) is -0.877. The van der Waals surface area contributed by atoms with Gasteiger partial charge in [0.25, 0.3) is 0 Å². The SMILES string of the molecule is CC.CC(C)N(Sc1ccccc1C1CC1)c1ccc(C(C)(O)C(F)(F)F)cc1. The molecule has 2 aromatic rings. The van der Waals surface area contributed by atoms with E-state index in [1.165, 1.54) is 35.4 Å². The summed E-state index contributed by atoms with van der Waals surface area (Å²) in [5.74, 6) is 0.618. The predicted octanol–water partition coefficient (Wildman–Crippen LogP) is 7.28. The lowest BCUT2D eigenvalue weighted by atomic mass is 9.95. The molecule has 1 atom stereocenters. The number of halogens is 3. The van der Waals surface area contributed by atoms with E-state index in [-0.39, 0.29) is 11.6 Å². The van der Waals surface area contributed by atoms with Gasteiger partial charge in [0.05, 0.1) is 0 Å². The van der Waals surface area contributed by atoms with Crippen molar-refractivity contribution in [2.24, 2.45) is 0 Å². The Balaban J connectivity index is 0.00000145. The molecule has 1 unspecified atom stereocenters. The van der Waals surface area contributed by atoms with Crippen molar-refractivity contribution in [2.45, 2.75) is 76.1 Å². The summed E-state index contributed by atoms with van der Waals surface area (Å²) in [5, 5.41) is 9.86. The minimum Gasteiger partial charge on any atom is -0.376 e. The highest BCUT2D eigenvalue weighted by Gasteiger charge is 2.51. The number of hydrogen-bond acceptors (Lipinski definition) is 3. The lowest BCUT2D eigenvalue weighted by Gasteiger charge is -2.30. The Labute approximate surface area is 176 Å². The Morgan fingerprint density at radius 1 is 1.00 bits per heavy atom. The van der Waals surface area contributed by atoms with Gasteiger partial charge >= 0.3 is 6.18 Å². The second-order valence-corrected chi connectivity index (χ2v) is 8.46. The van der Waals surface area contributed by atoms with E-state index in [1.807, 2.05) is 39.8 Å². The molecule has 0 aliphatic heterocycles. The molecule has 0 radical (unpaired) electrons. The standard InChI is InChI=1S/C21H24F3NOS.C2H6/c1-14(2)25(27-19-7-5-4-6-18(19)15-8-9-15)17-12-10-16(11-13-17)20(3,26)21(22,23)24;1-2/h4-7,10-15,26H,8-9H2,1-3H3;1-2H3. The van der Waals surface area contributed by atoms with Crippen molar-refractivity contribution in [3.8, 4) is 0 Å². The Hall–Kier alpha value is -1.66.